The lowest BCUT2D eigenvalue weighted by molar-refractivity contribution is 0.188. The molecule has 188 valence electrons. The molecule has 1 atom stereocenters. The average Bonchev–Trinajstić information content (AvgIpc) is 3.18. The number of hydrogen-bond donors (Lipinski definition) is 0. The molecular weight excluding hydrogens is 464 g/mol. The number of rotatable bonds is 7. The van der Waals surface area contributed by atoms with Crippen LogP contribution in [-0.4, -0.2) is 41.6 Å². The van der Waals surface area contributed by atoms with Crippen LogP contribution >= 0.6 is 0 Å². The van der Waals surface area contributed by atoms with Crippen LogP contribution in [0, 0.1) is 6.92 Å². The van der Waals surface area contributed by atoms with E-state index in [2.05, 4.69) is 26.9 Å². The summed E-state index contributed by atoms with van der Waals surface area (Å²) in [7, 11) is -3.58. The summed E-state index contributed by atoms with van der Waals surface area (Å²) in [6, 6.07) is 5.51. The van der Waals surface area contributed by atoms with E-state index >= 15 is 0 Å². The van der Waals surface area contributed by atoms with Gasteiger partial charge in [-0.05, 0) is 50.5 Å². The Morgan fingerprint density at radius 2 is 1.94 bits per heavy atom. The highest BCUT2D eigenvalue weighted by molar-refractivity contribution is 7.90. The van der Waals surface area contributed by atoms with E-state index in [4.69, 9.17) is 9.26 Å². The second-order valence-electron chi connectivity index (χ2n) is 10.1. The highest BCUT2D eigenvalue weighted by atomic mass is 32.2. The Labute approximate surface area is 207 Å². The molecule has 1 aromatic carbocycles. The van der Waals surface area contributed by atoms with Crippen LogP contribution in [0.5, 0.6) is 5.88 Å². The molecule has 0 radical (unpaired) electrons. The number of fused-ring (bicyclic) bond motifs is 1. The molecule has 0 saturated heterocycles. The number of sulfone groups is 1. The molecule has 4 rings (SSSR count). The Bertz CT molecular complexity index is 1290. The first-order valence-corrected chi connectivity index (χ1v) is 13.6. The Morgan fingerprint density at radius 3 is 2.57 bits per heavy atom. The van der Waals surface area contributed by atoms with Crippen molar-refractivity contribution in [2.24, 2.45) is 0 Å². The number of hydrogen-bond acceptors (Lipinski definition) is 8. The summed E-state index contributed by atoms with van der Waals surface area (Å²) in [5, 5.41) is 4.08. The summed E-state index contributed by atoms with van der Waals surface area (Å²) in [5.74, 6) is 1.05. The second kappa shape index (κ2) is 9.70. The van der Waals surface area contributed by atoms with Crippen LogP contribution in [0.2, 0.25) is 0 Å². The maximum absolute atomic E-state index is 13.3. The zero-order valence-corrected chi connectivity index (χ0v) is 22.1. The van der Waals surface area contributed by atoms with Gasteiger partial charge < -0.3 is 9.26 Å². The first-order chi connectivity index (χ1) is 16.5. The smallest absolute Gasteiger partial charge is 0.232 e. The van der Waals surface area contributed by atoms with Crippen molar-refractivity contribution < 1.29 is 17.7 Å². The third-order valence-electron chi connectivity index (χ3n) is 6.52. The second-order valence-corrected chi connectivity index (χ2v) is 12.1. The summed E-state index contributed by atoms with van der Waals surface area (Å²) >= 11 is 0. The van der Waals surface area contributed by atoms with Crippen LogP contribution in [0.25, 0.3) is 0 Å². The van der Waals surface area contributed by atoms with Gasteiger partial charge in [0.1, 0.15) is 17.2 Å². The van der Waals surface area contributed by atoms with Gasteiger partial charge in [-0.1, -0.05) is 32.0 Å². The maximum Gasteiger partial charge on any atom is 0.232 e. The molecule has 0 saturated carbocycles. The number of benzene rings is 1. The minimum Gasteiger partial charge on any atom is -0.477 e. The van der Waals surface area contributed by atoms with E-state index in [1.165, 1.54) is 5.56 Å². The van der Waals surface area contributed by atoms with E-state index in [0.29, 0.717) is 29.6 Å². The molecule has 3 aromatic rings. The van der Waals surface area contributed by atoms with Gasteiger partial charge in [-0.3, -0.25) is 9.88 Å². The first-order valence-electron chi connectivity index (χ1n) is 12.0. The van der Waals surface area contributed by atoms with Crippen molar-refractivity contribution in [3.8, 4) is 5.88 Å². The Morgan fingerprint density at radius 1 is 1.17 bits per heavy atom. The molecule has 3 heterocycles. The van der Waals surface area contributed by atoms with Gasteiger partial charge in [-0.2, -0.15) is 0 Å². The molecule has 0 N–H and O–H groups in total. The van der Waals surface area contributed by atoms with E-state index in [9.17, 15) is 8.42 Å². The van der Waals surface area contributed by atoms with Gasteiger partial charge in [0.25, 0.3) is 0 Å². The van der Waals surface area contributed by atoms with Crippen molar-refractivity contribution in [1.82, 2.24) is 20.0 Å². The lowest BCUT2D eigenvalue weighted by Gasteiger charge is -2.33. The molecule has 35 heavy (non-hydrogen) atoms. The summed E-state index contributed by atoms with van der Waals surface area (Å²) in [5.41, 5.74) is 4.09. The van der Waals surface area contributed by atoms with Crippen molar-refractivity contribution in [2.75, 3.05) is 13.2 Å². The average molecular weight is 499 g/mol. The normalized spacial score (nSPS) is 15.6. The van der Waals surface area contributed by atoms with Crippen LogP contribution in [0.3, 0.4) is 0 Å². The predicted molar refractivity (Wildman–Crippen MR) is 133 cm³/mol. The van der Waals surface area contributed by atoms with E-state index in [0.717, 1.165) is 35.5 Å². The fourth-order valence-electron chi connectivity index (χ4n) is 4.50. The summed E-state index contributed by atoms with van der Waals surface area (Å²) < 4.78 is 37.5. The molecule has 0 bridgehead atoms. The summed E-state index contributed by atoms with van der Waals surface area (Å²) in [6.07, 6.45) is 4.24. The quantitative estimate of drug-likeness (QED) is 0.467. The van der Waals surface area contributed by atoms with Gasteiger partial charge in [0.05, 0.1) is 35.6 Å². The monoisotopic (exact) mass is 498 g/mol. The molecule has 9 heteroatoms. The number of aromatic nitrogens is 3. The molecule has 2 aromatic heterocycles. The largest absolute Gasteiger partial charge is 0.477 e. The van der Waals surface area contributed by atoms with E-state index in [1.54, 1.807) is 18.5 Å². The van der Waals surface area contributed by atoms with Crippen molar-refractivity contribution in [1.29, 1.82) is 0 Å². The molecule has 1 aliphatic rings. The van der Waals surface area contributed by atoms with Gasteiger partial charge in [0, 0.05) is 24.1 Å². The fraction of sp³-hybridized carbons (Fsp3) is 0.500. The highest BCUT2D eigenvalue weighted by Crippen LogP contribution is 2.31. The van der Waals surface area contributed by atoms with E-state index in [-0.39, 0.29) is 17.2 Å². The summed E-state index contributed by atoms with van der Waals surface area (Å²) in [4.78, 5) is 11.5. The minimum atomic E-state index is -3.58. The standard InChI is InChI=1S/C26H34N4O4S/c1-7-33-24-14-27-22(13-28-24)18(3)30-11-10-19-8-9-21(12-20(19)15-30)35(31,32)16-23-17(2)25(34-29-23)26(4,5)6/h8-9,12-14,18H,7,10-11,15-16H2,1-6H3/t18-/m1/s1. The van der Waals surface area contributed by atoms with Gasteiger partial charge in [0.15, 0.2) is 9.84 Å². The highest BCUT2D eigenvalue weighted by Gasteiger charge is 2.28. The predicted octanol–water partition coefficient (Wildman–Crippen LogP) is 4.56. The fourth-order valence-corrected chi connectivity index (χ4v) is 5.89. The third kappa shape index (κ3) is 5.41. The molecule has 0 unspecified atom stereocenters. The molecule has 8 nitrogen and oxygen atoms in total. The molecule has 0 aliphatic carbocycles. The molecule has 1 aliphatic heterocycles. The van der Waals surface area contributed by atoms with Gasteiger partial charge >= 0.3 is 0 Å². The SMILES string of the molecule is CCOc1cnc([C@@H](C)N2CCc3ccc(S(=O)(=O)Cc4noc(C(C)(C)C)c4C)cc3C2)cn1. The van der Waals surface area contributed by atoms with Gasteiger partial charge in [-0.25, -0.2) is 13.4 Å². The van der Waals surface area contributed by atoms with Crippen LogP contribution in [0.4, 0.5) is 0 Å². The zero-order valence-electron chi connectivity index (χ0n) is 21.3. The Balaban J connectivity index is 1.53. The lowest BCUT2D eigenvalue weighted by atomic mass is 9.90. The van der Waals surface area contributed by atoms with Crippen molar-refractivity contribution in [3.05, 3.63) is 64.4 Å². The van der Waals surface area contributed by atoms with E-state index < -0.39 is 9.84 Å². The number of nitrogens with zero attached hydrogens (tertiary/aromatic N) is 4. The van der Waals surface area contributed by atoms with Crippen LogP contribution in [0.15, 0.2) is 40.0 Å². The molecule has 0 fully saturated rings. The maximum atomic E-state index is 13.3. The first kappa shape index (κ1) is 25.3. The molecular formula is C26H34N4O4S. The Hall–Kier alpha value is -2.78. The zero-order chi connectivity index (χ0) is 25.4. The van der Waals surface area contributed by atoms with Crippen LogP contribution < -0.4 is 4.74 Å². The van der Waals surface area contributed by atoms with Crippen molar-refractivity contribution >= 4 is 9.84 Å². The van der Waals surface area contributed by atoms with E-state index in [1.807, 2.05) is 46.8 Å². The third-order valence-corrected chi connectivity index (χ3v) is 8.15. The lowest BCUT2D eigenvalue weighted by Crippen LogP contribution is -2.33. The number of ether oxygens (including phenoxy) is 1. The van der Waals surface area contributed by atoms with Crippen molar-refractivity contribution in [3.63, 3.8) is 0 Å². The molecule has 0 amide bonds. The van der Waals surface area contributed by atoms with Gasteiger partial charge in [0.2, 0.25) is 5.88 Å². The summed E-state index contributed by atoms with van der Waals surface area (Å²) in [6.45, 7) is 14.0. The minimum absolute atomic E-state index is 0.0418. The van der Waals surface area contributed by atoms with Crippen LogP contribution in [-0.2, 0) is 34.0 Å². The van der Waals surface area contributed by atoms with Crippen LogP contribution in [0.1, 0.15) is 74.5 Å². The molecule has 0 spiro atoms. The topological polar surface area (TPSA) is 98.4 Å². The Kier molecular flexibility index (Phi) is 7.02. The van der Waals surface area contributed by atoms with Gasteiger partial charge in [-0.15, -0.1) is 0 Å². The van der Waals surface area contributed by atoms with Crippen molar-refractivity contribution in [2.45, 2.75) is 76.6 Å².